The van der Waals surface area contributed by atoms with Gasteiger partial charge in [0.1, 0.15) is 0 Å². The fourth-order valence-corrected chi connectivity index (χ4v) is 4.40. The largest absolute Gasteiger partial charge is 0.481 e. The van der Waals surface area contributed by atoms with Crippen LogP contribution in [0.15, 0.2) is 78.9 Å². The summed E-state index contributed by atoms with van der Waals surface area (Å²) in [7, 11) is 0. The lowest BCUT2D eigenvalue weighted by atomic mass is 9.86. The van der Waals surface area contributed by atoms with Gasteiger partial charge in [-0.25, -0.2) is 8.78 Å². The summed E-state index contributed by atoms with van der Waals surface area (Å²) in [6.07, 6.45) is 1.80. The molecule has 2 N–H and O–H groups in total. The van der Waals surface area contributed by atoms with Gasteiger partial charge in [-0.05, 0) is 69.8 Å². The number of nitrogens with one attached hydrogen (secondary N) is 1. The molecule has 4 aromatic rings. The maximum absolute atomic E-state index is 13.7. The Balaban J connectivity index is 1.57. The number of halogens is 2. The highest BCUT2D eigenvalue weighted by atomic mass is 19.2. The van der Waals surface area contributed by atoms with Gasteiger partial charge in [0.25, 0.3) is 5.91 Å². The minimum atomic E-state index is -0.955. The molecule has 1 amide bonds. The average molecular weight is 488 g/mol. The predicted molar refractivity (Wildman–Crippen MR) is 137 cm³/mol. The van der Waals surface area contributed by atoms with Crippen molar-refractivity contribution in [1.82, 2.24) is 5.32 Å². The maximum Gasteiger partial charge on any atom is 0.305 e. The molecule has 4 aromatic carbocycles. The first-order valence-corrected chi connectivity index (χ1v) is 11.9. The van der Waals surface area contributed by atoms with Crippen molar-refractivity contribution in [3.63, 3.8) is 0 Å². The minimum Gasteiger partial charge on any atom is -0.481 e. The van der Waals surface area contributed by atoms with Crippen LogP contribution in [0.2, 0.25) is 0 Å². The molecule has 0 bridgehead atoms. The van der Waals surface area contributed by atoms with Crippen LogP contribution in [0, 0.1) is 11.6 Å². The molecule has 6 heteroatoms. The van der Waals surface area contributed by atoms with Crippen molar-refractivity contribution in [1.29, 1.82) is 0 Å². The zero-order chi connectivity index (χ0) is 25.7. The third-order valence-corrected chi connectivity index (χ3v) is 6.30. The Morgan fingerprint density at radius 1 is 0.806 bits per heavy atom. The lowest BCUT2D eigenvalue weighted by Gasteiger charge is -2.19. The molecule has 0 saturated heterocycles. The van der Waals surface area contributed by atoms with Crippen LogP contribution in [0.3, 0.4) is 0 Å². The summed E-state index contributed by atoms with van der Waals surface area (Å²) in [5, 5.41) is 13.4. The van der Waals surface area contributed by atoms with Crippen molar-refractivity contribution in [2.75, 3.05) is 6.54 Å². The standard InChI is InChI=1S/C30H27F2NO3/c1-2-3-26(19-4-6-20(7-5-19)30(36)33-15-14-29(34)35)25-11-10-21-16-22(8-9-23(21)17-25)24-12-13-27(31)28(32)18-24/h4-13,16-18,26H,2-3,14-15H2,1H3,(H,33,36)(H,34,35). The van der Waals surface area contributed by atoms with E-state index in [0.717, 1.165) is 46.4 Å². The molecule has 36 heavy (non-hydrogen) atoms. The van der Waals surface area contributed by atoms with Gasteiger partial charge in [0.2, 0.25) is 0 Å². The summed E-state index contributed by atoms with van der Waals surface area (Å²) in [5.41, 5.74) is 4.18. The van der Waals surface area contributed by atoms with Gasteiger partial charge < -0.3 is 10.4 Å². The van der Waals surface area contributed by atoms with Crippen LogP contribution in [0.25, 0.3) is 21.9 Å². The van der Waals surface area contributed by atoms with Crippen molar-refractivity contribution >= 4 is 22.6 Å². The van der Waals surface area contributed by atoms with Crippen molar-refractivity contribution in [2.24, 2.45) is 0 Å². The molecular weight excluding hydrogens is 460 g/mol. The number of hydrogen-bond acceptors (Lipinski definition) is 2. The van der Waals surface area contributed by atoms with E-state index in [1.807, 2.05) is 36.4 Å². The van der Waals surface area contributed by atoms with Crippen molar-refractivity contribution in [3.05, 3.63) is 107 Å². The summed E-state index contributed by atoms with van der Waals surface area (Å²) in [6.45, 7) is 2.22. The molecule has 1 unspecified atom stereocenters. The Labute approximate surface area is 208 Å². The number of carboxylic acids is 1. The van der Waals surface area contributed by atoms with Gasteiger partial charge in [0.15, 0.2) is 11.6 Å². The first-order valence-electron chi connectivity index (χ1n) is 11.9. The topological polar surface area (TPSA) is 66.4 Å². The second kappa shape index (κ2) is 11.1. The van der Waals surface area contributed by atoms with Crippen LogP contribution >= 0.6 is 0 Å². The highest BCUT2D eigenvalue weighted by Gasteiger charge is 2.16. The molecule has 0 heterocycles. The Morgan fingerprint density at radius 2 is 1.44 bits per heavy atom. The number of carbonyl (C=O) groups excluding carboxylic acids is 1. The highest BCUT2D eigenvalue weighted by Crippen LogP contribution is 2.33. The van der Waals surface area contributed by atoms with Crippen molar-refractivity contribution < 1.29 is 23.5 Å². The van der Waals surface area contributed by atoms with Gasteiger partial charge in [-0.3, -0.25) is 9.59 Å². The number of fused-ring (bicyclic) bond motifs is 1. The molecule has 0 radical (unpaired) electrons. The maximum atomic E-state index is 13.7. The van der Waals surface area contributed by atoms with E-state index in [0.29, 0.717) is 11.1 Å². The quantitative estimate of drug-likeness (QED) is 0.269. The average Bonchev–Trinajstić information content (AvgIpc) is 2.88. The molecule has 0 spiro atoms. The second-order valence-electron chi connectivity index (χ2n) is 8.81. The highest BCUT2D eigenvalue weighted by molar-refractivity contribution is 5.94. The van der Waals surface area contributed by atoms with Crippen LogP contribution in [0.5, 0.6) is 0 Å². The van der Waals surface area contributed by atoms with Crippen LogP contribution in [-0.2, 0) is 4.79 Å². The Hall–Kier alpha value is -4.06. The number of carbonyl (C=O) groups is 2. The summed E-state index contributed by atoms with van der Waals surface area (Å²) >= 11 is 0. The molecule has 184 valence electrons. The summed E-state index contributed by atoms with van der Waals surface area (Å²) in [6, 6.07) is 23.5. The lowest BCUT2D eigenvalue weighted by molar-refractivity contribution is -0.136. The van der Waals surface area contributed by atoms with E-state index in [-0.39, 0.29) is 24.8 Å². The first-order chi connectivity index (χ1) is 17.4. The lowest BCUT2D eigenvalue weighted by Crippen LogP contribution is -2.25. The number of hydrogen-bond donors (Lipinski definition) is 2. The number of rotatable bonds is 9. The van der Waals surface area contributed by atoms with Gasteiger partial charge in [-0.2, -0.15) is 0 Å². The zero-order valence-corrected chi connectivity index (χ0v) is 19.9. The van der Waals surface area contributed by atoms with E-state index in [1.165, 1.54) is 6.07 Å². The molecular formula is C30H27F2NO3. The van der Waals surface area contributed by atoms with Gasteiger partial charge in [0, 0.05) is 18.0 Å². The van der Waals surface area contributed by atoms with Gasteiger partial charge in [-0.1, -0.05) is 61.9 Å². The van der Waals surface area contributed by atoms with E-state index in [4.69, 9.17) is 5.11 Å². The smallest absolute Gasteiger partial charge is 0.305 e. The van der Waals surface area contributed by atoms with Gasteiger partial charge in [-0.15, -0.1) is 0 Å². The SMILES string of the molecule is CCCC(c1ccc(C(=O)NCCC(=O)O)cc1)c1ccc2cc(-c3ccc(F)c(F)c3)ccc2c1. The molecule has 0 aliphatic rings. The summed E-state index contributed by atoms with van der Waals surface area (Å²) in [4.78, 5) is 22.9. The van der Waals surface area contributed by atoms with Crippen LogP contribution < -0.4 is 5.32 Å². The van der Waals surface area contributed by atoms with E-state index < -0.39 is 17.6 Å². The molecule has 4 rings (SSSR count). The van der Waals surface area contributed by atoms with E-state index in [9.17, 15) is 18.4 Å². The van der Waals surface area contributed by atoms with Crippen LogP contribution in [0.4, 0.5) is 8.78 Å². The number of aliphatic carboxylic acids is 1. The van der Waals surface area contributed by atoms with E-state index in [1.54, 1.807) is 18.2 Å². The Bertz CT molecular complexity index is 1400. The molecule has 0 fully saturated rings. The Kier molecular flexibility index (Phi) is 7.74. The third-order valence-electron chi connectivity index (χ3n) is 6.30. The number of carboxylic acid groups (broad SMARTS) is 1. The molecule has 0 aliphatic heterocycles. The second-order valence-corrected chi connectivity index (χ2v) is 8.81. The summed E-state index contributed by atoms with van der Waals surface area (Å²) in [5.74, 6) is -2.83. The fraction of sp³-hybridized carbons (Fsp3) is 0.200. The third kappa shape index (κ3) is 5.77. The molecule has 0 aliphatic carbocycles. The molecule has 0 aromatic heterocycles. The summed E-state index contributed by atoms with van der Waals surface area (Å²) < 4.78 is 27.0. The van der Waals surface area contributed by atoms with Crippen LogP contribution in [-0.4, -0.2) is 23.5 Å². The normalized spacial score (nSPS) is 11.9. The number of benzene rings is 4. The Morgan fingerprint density at radius 3 is 2.14 bits per heavy atom. The van der Waals surface area contributed by atoms with Gasteiger partial charge in [0.05, 0.1) is 6.42 Å². The first kappa shape index (κ1) is 25.0. The van der Waals surface area contributed by atoms with Crippen molar-refractivity contribution in [2.45, 2.75) is 32.1 Å². The van der Waals surface area contributed by atoms with Crippen molar-refractivity contribution in [3.8, 4) is 11.1 Å². The van der Waals surface area contributed by atoms with E-state index >= 15 is 0 Å². The molecule has 0 saturated carbocycles. The van der Waals surface area contributed by atoms with Crippen LogP contribution in [0.1, 0.15) is 53.6 Å². The predicted octanol–water partition coefficient (Wildman–Crippen LogP) is 6.92. The van der Waals surface area contributed by atoms with Gasteiger partial charge >= 0.3 is 5.97 Å². The minimum absolute atomic E-state index is 0.0866. The monoisotopic (exact) mass is 487 g/mol. The van der Waals surface area contributed by atoms with E-state index in [2.05, 4.69) is 24.4 Å². The zero-order valence-electron chi connectivity index (χ0n) is 19.9. The molecule has 1 atom stereocenters. The number of amides is 1. The fourth-order valence-electron chi connectivity index (χ4n) is 4.40. The molecule has 4 nitrogen and oxygen atoms in total.